The Morgan fingerprint density at radius 1 is 1.26 bits per heavy atom. The molecule has 1 radical (unpaired) electrons. The number of carbonyl (C=O) groups is 2. The quantitative estimate of drug-likeness (QED) is 0.361. The Morgan fingerprint density at radius 3 is 2.26 bits per heavy atom. The van der Waals surface area contributed by atoms with Gasteiger partial charge in [-0.15, -0.1) is 0 Å². The van der Waals surface area contributed by atoms with E-state index in [1.165, 1.54) is 10.0 Å². The first-order valence-corrected chi connectivity index (χ1v) is 7.51. The summed E-state index contributed by atoms with van der Waals surface area (Å²) in [4.78, 5) is 24.7. The molecular weight excluding hydrogens is 292 g/mol. The van der Waals surface area contributed by atoms with E-state index in [0.717, 1.165) is 5.56 Å². The van der Waals surface area contributed by atoms with Crippen molar-refractivity contribution in [2.24, 2.45) is 5.84 Å². The maximum Gasteiger partial charge on any atom is 0.351 e. The summed E-state index contributed by atoms with van der Waals surface area (Å²) in [6, 6.07) is 6.61. The zero-order chi connectivity index (χ0) is 17.4. The molecule has 1 fully saturated rings. The Balaban J connectivity index is 2.46. The highest BCUT2D eigenvalue weighted by Gasteiger charge is 2.43. The molecule has 6 nitrogen and oxygen atoms in total. The minimum absolute atomic E-state index is 0.0113. The molecule has 3 N–H and O–H groups in total. The van der Waals surface area contributed by atoms with E-state index in [9.17, 15) is 9.59 Å². The standard InChI is InChI=1S/C17H23N4O2/c1-6-14-11(2)20(16(23)19-18)21(15(14)22)13-9-7-12(8-10-13)17(3,4)5/h7-11H,18H2,1-5H3,(H,19,23). The molecule has 23 heavy (non-hydrogen) atoms. The van der Waals surface area contributed by atoms with Crippen LogP contribution in [0.25, 0.3) is 0 Å². The summed E-state index contributed by atoms with van der Waals surface area (Å²) in [6.45, 7) is 9.78. The van der Waals surface area contributed by atoms with E-state index in [1.807, 2.05) is 24.3 Å². The summed E-state index contributed by atoms with van der Waals surface area (Å²) in [6.07, 6.45) is 2.87. The first-order valence-electron chi connectivity index (χ1n) is 7.51. The smallest absolute Gasteiger partial charge is 0.274 e. The second-order valence-electron chi connectivity index (χ2n) is 6.55. The molecule has 0 bridgehead atoms. The first-order chi connectivity index (χ1) is 10.7. The summed E-state index contributed by atoms with van der Waals surface area (Å²) >= 11 is 0. The fourth-order valence-electron chi connectivity index (χ4n) is 2.68. The van der Waals surface area contributed by atoms with Gasteiger partial charge in [-0.25, -0.2) is 20.7 Å². The van der Waals surface area contributed by atoms with Crippen LogP contribution in [0.5, 0.6) is 0 Å². The van der Waals surface area contributed by atoms with E-state index in [4.69, 9.17) is 5.84 Å². The van der Waals surface area contributed by atoms with Gasteiger partial charge in [0.2, 0.25) is 0 Å². The van der Waals surface area contributed by atoms with Crippen LogP contribution in [0.3, 0.4) is 0 Å². The summed E-state index contributed by atoms with van der Waals surface area (Å²) in [5.41, 5.74) is 4.30. The summed E-state index contributed by atoms with van der Waals surface area (Å²) < 4.78 is 0. The predicted molar refractivity (Wildman–Crippen MR) is 89.1 cm³/mol. The molecule has 123 valence electrons. The zero-order valence-electron chi connectivity index (χ0n) is 14.2. The van der Waals surface area contributed by atoms with Crippen LogP contribution in [0, 0.1) is 6.08 Å². The van der Waals surface area contributed by atoms with Gasteiger partial charge in [-0.1, -0.05) is 32.9 Å². The molecule has 0 aromatic heterocycles. The normalized spacial score (nSPS) is 20.3. The molecule has 1 atom stereocenters. The Kier molecular flexibility index (Phi) is 4.47. The number of anilines is 1. The molecular formula is C17H23N4O2. The molecule has 0 aliphatic carbocycles. The van der Waals surface area contributed by atoms with Crippen molar-refractivity contribution in [3.8, 4) is 0 Å². The van der Waals surface area contributed by atoms with Crippen LogP contribution < -0.4 is 16.3 Å². The lowest BCUT2D eigenvalue weighted by Gasteiger charge is -2.30. The van der Waals surface area contributed by atoms with Crippen molar-refractivity contribution in [2.75, 3.05) is 5.01 Å². The lowest BCUT2D eigenvalue weighted by atomic mass is 9.87. The topological polar surface area (TPSA) is 78.7 Å². The van der Waals surface area contributed by atoms with Gasteiger partial charge in [0, 0.05) is 5.57 Å². The highest BCUT2D eigenvalue weighted by molar-refractivity contribution is 6.10. The number of urea groups is 1. The van der Waals surface area contributed by atoms with Gasteiger partial charge in [0.15, 0.2) is 0 Å². The average molecular weight is 315 g/mol. The van der Waals surface area contributed by atoms with Crippen molar-refractivity contribution in [3.63, 3.8) is 0 Å². The lowest BCUT2D eigenvalue weighted by Crippen LogP contribution is -2.52. The fraction of sp³-hybridized carbons (Fsp3) is 0.412. The zero-order valence-corrected chi connectivity index (χ0v) is 14.2. The Labute approximate surface area is 136 Å². The molecule has 2 rings (SSSR count). The summed E-state index contributed by atoms with van der Waals surface area (Å²) in [7, 11) is 0. The monoisotopic (exact) mass is 315 g/mol. The van der Waals surface area contributed by atoms with Crippen LogP contribution in [0.15, 0.2) is 29.8 Å². The highest BCUT2D eigenvalue weighted by atomic mass is 16.2. The molecule has 1 saturated heterocycles. The van der Waals surface area contributed by atoms with Gasteiger partial charge in [-0.05, 0) is 43.0 Å². The van der Waals surface area contributed by atoms with E-state index in [-0.39, 0.29) is 11.3 Å². The first kappa shape index (κ1) is 17.0. The third-order valence-electron chi connectivity index (χ3n) is 4.00. The Morgan fingerprint density at radius 2 is 1.83 bits per heavy atom. The van der Waals surface area contributed by atoms with Gasteiger partial charge in [0.05, 0.1) is 11.7 Å². The molecule has 0 saturated carbocycles. The summed E-state index contributed by atoms with van der Waals surface area (Å²) in [5, 5.41) is 2.64. The average Bonchev–Trinajstić information content (AvgIpc) is 2.76. The second-order valence-corrected chi connectivity index (χ2v) is 6.55. The third-order valence-corrected chi connectivity index (χ3v) is 4.00. The maximum atomic E-state index is 12.6. The number of carbonyl (C=O) groups excluding carboxylic acids is 2. The van der Waals surface area contributed by atoms with Crippen LogP contribution in [-0.2, 0) is 10.2 Å². The van der Waals surface area contributed by atoms with Crippen molar-refractivity contribution in [3.05, 3.63) is 41.5 Å². The van der Waals surface area contributed by atoms with Crippen molar-refractivity contribution >= 4 is 17.6 Å². The largest absolute Gasteiger partial charge is 0.351 e. The van der Waals surface area contributed by atoms with Crippen LogP contribution in [0.1, 0.15) is 40.2 Å². The Bertz CT molecular complexity index is 644. The van der Waals surface area contributed by atoms with Gasteiger partial charge in [-0.2, -0.15) is 0 Å². The van der Waals surface area contributed by atoms with Crippen LogP contribution in [0.4, 0.5) is 10.5 Å². The van der Waals surface area contributed by atoms with Crippen molar-refractivity contribution in [1.82, 2.24) is 10.4 Å². The maximum absolute atomic E-state index is 12.6. The Hall–Kier alpha value is -2.34. The van der Waals surface area contributed by atoms with Crippen LogP contribution in [-0.4, -0.2) is 23.0 Å². The number of nitrogens with one attached hydrogen (secondary N) is 1. The summed E-state index contributed by atoms with van der Waals surface area (Å²) in [5.74, 6) is 4.99. The predicted octanol–water partition coefficient (Wildman–Crippen LogP) is 2.27. The van der Waals surface area contributed by atoms with E-state index >= 15 is 0 Å². The number of nitrogens with two attached hydrogens (primary N) is 1. The van der Waals surface area contributed by atoms with E-state index in [0.29, 0.717) is 11.3 Å². The SMILES string of the molecule is C[C]=C1C(=O)N(c2ccc(C(C)(C)C)cc2)N(C(=O)NN)C1C. The minimum atomic E-state index is -0.545. The van der Waals surface area contributed by atoms with E-state index < -0.39 is 12.1 Å². The van der Waals surface area contributed by atoms with E-state index in [1.54, 1.807) is 13.8 Å². The molecule has 1 heterocycles. The molecule has 1 aromatic carbocycles. The second kappa shape index (κ2) is 6.04. The van der Waals surface area contributed by atoms with Gasteiger partial charge in [-0.3, -0.25) is 10.2 Å². The molecule has 3 amide bonds. The fourth-order valence-corrected chi connectivity index (χ4v) is 2.68. The lowest BCUT2D eigenvalue weighted by molar-refractivity contribution is -0.115. The number of nitrogens with zero attached hydrogens (tertiary/aromatic N) is 2. The molecule has 0 spiro atoms. The number of rotatable bonds is 1. The molecule has 1 aromatic rings. The van der Waals surface area contributed by atoms with Gasteiger partial charge in [0.25, 0.3) is 5.91 Å². The van der Waals surface area contributed by atoms with Crippen LogP contribution in [0.2, 0.25) is 0 Å². The van der Waals surface area contributed by atoms with Crippen LogP contribution >= 0.6 is 0 Å². The minimum Gasteiger partial charge on any atom is -0.274 e. The number of hydrogen-bond donors (Lipinski definition) is 2. The number of allylic oxidation sites excluding steroid dienone is 1. The molecule has 1 aliphatic heterocycles. The van der Waals surface area contributed by atoms with Crippen molar-refractivity contribution in [1.29, 1.82) is 0 Å². The van der Waals surface area contributed by atoms with Gasteiger partial charge in [0.1, 0.15) is 0 Å². The van der Waals surface area contributed by atoms with Gasteiger partial charge < -0.3 is 0 Å². The van der Waals surface area contributed by atoms with Gasteiger partial charge >= 0.3 is 6.03 Å². The molecule has 6 heteroatoms. The van der Waals surface area contributed by atoms with E-state index in [2.05, 4.69) is 32.3 Å². The number of hydrazine groups is 2. The molecule has 1 aliphatic rings. The number of hydrogen-bond acceptors (Lipinski definition) is 3. The van der Waals surface area contributed by atoms with Crippen molar-refractivity contribution in [2.45, 2.75) is 46.1 Å². The highest BCUT2D eigenvalue weighted by Crippen LogP contribution is 2.32. The molecule has 1 unspecified atom stereocenters. The third kappa shape index (κ3) is 2.94. The number of amides is 3. The number of benzene rings is 1. The van der Waals surface area contributed by atoms with Crippen molar-refractivity contribution < 1.29 is 9.59 Å².